The first kappa shape index (κ1) is 52.0. The molecule has 0 aliphatic rings. The van der Waals surface area contributed by atoms with Crippen LogP contribution in [0.1, 0.15) is 81.3 Å². The zero-order chi connectivity index (χ0) is 50.2. The highest BCUT2D eigenvalue weighted by molar-refractivity contribution is 6.32. The quantitative estimate of drug-likeness (QED) is 0.0364. The average Bonchev–Trinajstić information content (AvgIpc) is 3.33. The highest BCUT2D eigenvalue weighted by Gasteiger charge is 2.20. The summed E-state index contributed by atoms with van der Waals surface area (Å²) in [6.45, 7) is 4.37. The topological polar surface area (TPSA) is 263 Å². The molecule has 0 spiro atoms. The predicted octanol–water partition coefficient (Wildman–Crippen LogP) is 8.00. The van der Waals surface area contributed by atoms with Crippen molar-refractivity contribution < 1.29 is 49.0 Å². The lowest BCUT2D eigenvalue weighted by atomic mass is 9.92. The molecule has 4 aromatic heterocycles. The predicted molar refractivity (Wildman–Crippen MR) is 256 cm³/mol. The largest absolute Gasteiger partial charge is 0.481 e. The van der Waals surface area contributed by atoms with Crippen molar-refractivity contribution in [3.63, 3.8) is 0 Å². The molecule has 0 saturated carbocycles. The summed E-state index contributed by atoms with van der Waals surface area (Å²) in [4.78, 5) is 39.6. The van der Waals surface area contributed by atoms with Crippen LogP contribution in [0.4, 0.5) is 0 Å². The molecule has 5 N–H and O–H groups in total. The van der Waals surface area contributed by atoms with E-state index >= 15 is 0 Å². The zero-order valence-corrected chi connectivity index (χ0v) is 39.7. The summed E-state index contributed by atoms with van der Waals surface area (Å²) in [5.41, 5.74) is 8.64. The molecule has 0 aliphatic heterocycles. The fraction of sp³-hybridized carbons (Fsp3) is 0.294. The second-order valence-corrected chi connectivity index (χ2v) is 17.0. The van der Waals surface area contributed by atoms with Crippen molar-refractivity contribution in [2.75, 3.05) is 6.54 Å². The van der Waals surface area contributed by atoms with E-state index in [-0.39, 0.29) is 85.9 Å². The molecule has 0 amide bonds. The minimum absolute atomic E-state index is 0.00829. The maximum absolute atomic E-state index is 11.1. The lowest BCUT2D eigenvalue weighted by Gasteiger charge is -2.18. The van der Waals surface area contributed by atoms with E-state index in [1.807, 2.05) is 50.2 Å². The molecule has 2 atom stereocenters. The first-order valence-electron chi connectivity index (χ1n) is 22.0. The number of halogens is 2. The van der Waals surface area contributed by atoms with Gasteiger partial charge in [0.25, 0.3) is 0 Å². The number of carboxylic acid groups (broad SMARTS) is 2. The number of nitrogens with zero attached hydrogens (tertiary/aromatic N) is 6. The van der Waals surface area contributed by atoms with Crippen molar-refractivity contribution in [2.45, 2.75) is 91.1 Å². The second-order valence-electron chi connectivity index (χ2n) is 16.2. The van der Waals surface area contributed by atoms with Crippen molar-refractivity contribution in [1.29, 1.82) is 10.5 Å². The smallest absolute Gasteiger partial charge is 0.306 e. The zero-order valence-electron chi connectivity index (χ0n) is 38.2. The number of aliphatic carboxylic acids is 2. The summed E-state index contributed by atoms with van der Waals surface area (Å²) in [7, 11) is 0. The second kappa shape index (κ2) is 25.3. The number of nitrogens with one attached hydrogen (secondary N) is 1. The fourth-order valence-corrected chi connectivity index (χ4v) is 7.80. The van der Waals surface area contributed by atoms with Crippen LogP contribution in [0.3, 0.4) is 0 Å². The van der Waals surface area contributed by atoms with Gasteiger partial charge in [-0.3, -0.25) is 19.6 Å². The van der Waals surface area contributed by atoms with Gasteiger partial charge >= 0.3 is 11.9 Å². The lowest BCUT2D eigenvalue weighted by molar-refractivity contribution is -0.140. The van der Waals surface area contributed by atoms with Crippen LogP contribution >= 0.6 is 23.2 Å². The first-order valence-corrected chi connectivity index (χ1v) is 22.7. The number of ether oxygens (including phenoxy) is 4. The van der Waals surface area contributed by atoms with Gasteiger partial charge in [0.1, 0.15) is 48.6 Å². The van der Waals surface area contributed by atoms with Crippen LogP contribution in [0.25, 0.3) is 11.1 Å². The first-order chi connectivity index (χ1) is 33.7. The summed E-state index contributed by atoms with van der Waals surface area (Å²) in [6, 6.07) is 22.5. The SMILES string of the molecule is Cc1c(COc2nc(OCc3cncc(C#N)c3)c(CCC[C@@H](O)CC(=O)O)cc2Cl)cccc1-c1cccc(COc2nc(OCc3cncc(C#N)c3)c(CNC[C@@H](O)CC(=O)O)cc2Cl)c1C. The van der Waals surface area contributed by atoms with Crippen LogP contribution in [-0.4, -0.2) is 71.1 Å². The monoisotopic (exact) mass is 989 g/mol. The van der Waals surface area contributed by atoms with E-state index in [4.69, 9.17) is 52.4 Å². The lowest BCUT2D eigenvalue weighted by Crippen LogP contribution is -2.28. The number of pyridine rings is 4. The Morgan fingerprint density at radius 3 is 1.61 bits per heavy atom. The van der Waals surface area contributed by atoms with E-state index in [0.29, 0.717) is 46.2 Å². The Morgan fingerprint density at radius 1 is 0.643 bits per heavy atom. The minimum Gasteiger partial charge on any atom is -0.481 e. The fourth-order valence-electron chi connectivity index (χ4n) is 7.34. The van der Waals surface area contributed by atoms with E-state index in [1.165, 1.54) is 12.4 Å². The van der Waals surface area contributed by atoms with Gasteiger partial charge in [0.2, 0.25) is 23.5 Å². The molecular weight excluding hydrogens is 942 g/mol. The molecule has 0 saturated heterocycles. The molecule has 4 heterocycles. The van der Waals surface area contributed by atoms with Gasteiger partial charge in [0.05, 0.1) is 36.2 Å². The maximum atomic E-state index is 11.1. The van der Waals surface area contributed by atoms with Crippen LogP contribution in [0.15, 0.2) is 85.5 Å². The number of rotatable bonds is 25. The van der Waals surface area contributed by atoms with Gasteiger partial charge in [-0.05, 0) is 90.8 Å². The Kier molecular flexibility index (Phi) is 18.8. The molecule has 362 valence electrons. The molecule has 0 bridgehead atoms. The van der Waals surface area contributed by atoms with Gasteiger partial charge in [-0.15, -0.1) is 0 Å². The number of aliphatic hydroxyl groups excluding tert-OH is 2. The summed E-state index contributed by atoms with van der Waals surface area (Å²) in [5, 5.41) is 60.4. The van der Waals surface area contributed by atoms with E-state index in [1.54, 1.807) is 36.7 Å². The van der Waals surface area contributed by atoms with Gasteiger partial charge in [-0.2, -0.15) is 20.5 Å². The van der Waals surface area contributed by atoms with Gasteiger partial charge in [0.15, 0.2) is 0 Å². The Balaban J connectivity index is 1.18. The standard InChI is InChI=1S/C51H49Cl2N7O10/c1-30-37(28-69-50-44(52)14-36(6-3-9-40(61)16-46(63)64)48(59-50)67-26-34-12-32(18-54)20-56-22-34)7-4-10-42(30)43-11-5-8-38(31(43)2)29-70-51-45(53)15-39(24-58-25-41(62)17-47(65)66)49(60-51)68-27-35-13-33(19-55)21-57-23-35/h4-5,7-8,10-15,20-23,40-41,58,61-62H,3,6,9,16-17,24-29H2,1-2H3,(H,63,64)(H,65,66)/t40-,41+/m1/s1. The van der Waals surface area contributed by atoms with Crippen molar-refractivity contribution in [3.8, 4) is 46.8 Å². The van der Waals surface area contributed by atoms with Gasteiger partial charge in [-0.25, -0.2) is 0 Å². The molecule has 2 aromatic carbocycles. The highest BCUT2D eigenvalue weighted by Crippen LogP contribution is 2.35. The van der Waals surface area contributed by atoms with Crippen molar-refractivity contribution in [2.24, 2.45) is 0 Å². The molecular formula is C51H49Cl2N7O10. The van der Waals surface area contributed by atoms with E-state index in [2.05, 4.69) is 37.4 Å². The number of carbonyl (C=O) groups is 2. The summed E-state index contributed by atoms with van der Waals surface area (Å²) in [5.74, 6) is -1.59. The normalized spacial score (nSPS) is 11.8. The van der Waals surface area contributed by atoms with Crippen LogP contribution in [0.2, 0.25) is 10.0 Å². The van der Waals surface area contributed by atoms with Crippen molar-refractivity contribution in [1.82, 2.24) is 25.3 Å². The van der Waals surface area contributed by atoms with Gasteiger partial charge in [-0.1, -0.05) is 59.6 Å². The molecule has 0 aliphatic carbocycles. The van der Waals surface area contributed by atoms with Gasteiger partial charge < -0.3 is 44.7 Å². The van der Waals surface area contributed by atoms with E-state index in [0.717, 1.165) is 33.4 Å². The number of hydrogen-bond acceptors (Lipinski definition) is 15. The molecule has 0 radical (unpaired) electrons. The summed E-state index contributed by atoms with van der Waals surface area (Å²) in [6.07, 6.45) is 4.17. The summed E-state index contributed by atoms with van der Waals surface area (Å²) >= 11 is 13.5. The van der Waals surface area contributed by atoms with Crippen LogP contribution < -0.4 is 24.3 Å². The van der Waals surface area contributed by atoms with Crippen LogP contribution in [0.5, 0.6) is 23.5 Å². The van der Waals surface area contributed by atoms with Crippen molar-refractivity contribution in [3.05, 3.63) is 151 Å². The number of aliphatic hydroxyl groups is 2. The molecule has 0 unspecified atom stereocenters. The Hall–Kier alpha value is -7.38. The van der Waals surface area contributed by atoms with E-state index in [9.17, 15) is 30.3 Å². The minimum atomic E-state index is -1.13. The molecule has 17 nitrogen and oxygen atoms in total. The number of aryl methyl sites for hydroxylation is 1. The third kappa shape index (κ3) is 14.8. The van der Waals surface area contributed by atoms with Crippen LogP contribution in [0, 0.1) is 36.5 Å². The molecule has 19 heteroatoms. The average molecular weight is 991 g/mol. The third-order valence-corrected chi connectivity index (χ3v) is 11.5. The Morgan fingerprint density at radius 2 is 1.11 bits per heavy atom. The molecule has 0 fully saturated rings. The molecule has 6 aromatic rings. The Bertz CT molecular complexity index is 2710. The third-order valence-electron chi connectivity index (χ3n) is 11.0. The summed E-state index contributed by atoms with van der Waals surface area (Å²) < 4.78 is 24.7. The van der Waals surface area contributed by atoms with Crippen molar-refractivity contribution >= 4 is 35.1 Å². The number of carboxylic acids is 2. The van der Waals surface area contributed by atoms with Crippen LogP contribution in [-0.2, 0) is 49.0 Å². The number of aromatic nitrogens is 4. The maximum Gasteiger partial charge on any atom is 0.306 e. The molecule has 6 rings (SSSR count). The van der Waals surface area contributed by atoms with E-state index < -0.39 is 30.6 Å². The Labute approximate surface area is 413 Å². The highest BCUT2D eigenvalue weighted by atomic mass is 35.5. The van der Waals surface area contributed by atoms with Gasteiger partial charge in [0, 0.05) is 60.1 Å². The number of nitriles is 2. The number of benzene rings is 2. The molecule has 70 heavy (non-hydrogen) atoms. The number of hydrogen-bond donors (Lipinski definition) is 5.